The van der Waals surface area contributed by atoms with E-state index in [-0.39, 0.29) is 0 Å². The van der Waals surface area contributed by atoms with Crippen LogP contribution in [0.1, 0.15) is 1.37 Å². The van der Waals surface area contributed by atoms with Gasteiger partial charge in [-0.15, -0.1) is 0 Å². The molecule has 0 saturated carbocycles. The maximum atomic E-state index is 10.3. The molecule has 0 saturated heterocycles. The van der Waals surface area contributed by atoms with Crippen LogP contribution in [0.3, 0.4) is 0 Å². The largest absolute Gasteiger partial charge is 0.478 e. The van der Waals surface area contributed by atoms with Gasteiger partial charge in [-0.05, 0) is 17.7 Å². The zero-order valence-corrected chi connectivity index (χ0v) is 7.68. The molecule has 14 heavy (non-hydrogen) atoms. The van der Waals surface area contributed by atoms with Crippen molar-refractivity contribution in [2.45, 2.75) is 12.2 Å². The first-order chi connectivity index (χ1) is 6.95. The van der Waals surface area contributed by atoms with Crippen LogP contribution in [0, 0.1) is 0 Å². The summed E-state index contributed by atoms with van der Waals surface area (Å²) in [4.78, 5) is 10.3. The van der Waals surface area contributed by atoms with E-state index in [1.165, 1.54) is 31.4 Å². The minimum Gasteiger partial charge on any atom is -0.478 e. The van der Waals surface area contributed by atoms with Crippen molar-refractivity contribution in [1.29, 1.82) is 0 Å². The topological polar surface area (TPSA) is 66.8 Å². The van der Waals surface area contributed by atoms with Crippen molar-refractivity contribution >= 4 is 5.97 Å². The number of allylic oxidation sites excluding steroid dienone is 3. The van der Waals surface area contributed by atoms with Crippen LogP contribution in [0.2, 0.25) is 0 Å². The minimum absolute atomic E-state index is 0.584. The molecule has 0 aromatic carbocycles. The van der Waals surface area contributed by atoms with Gasteiger partial charge >= 0.3 is 5.97 Å². The standard InChI is InChI=1S/C10H12O4/c1-14-9-6-7(2-4-8(9)11)3-5-10(12)13/h2-6,8-9,11H,1H3,(H,12,13)/b5-3+/i8D. The molecule has 4 nitrogen and oxygen atoms in total. The van der Waals surface area contributed by atoms with Gasteiger partial charge in [-0.2, -0.15) is 0 Å². The van der Waals surface area contributed by atoms with Gasteiger partial charge in [0.05, 0.1) is 1.37 Å². The van der Waals surface area contributed by atoms with Crippen molar-refractivity contribution in [2.75, 3.05) is 7.11 Å². The molecular weight excluding hydrogens is 184 g/mol. The summed E-state index contributed by atoms with van der Waals surface area (Å²) in [5.74, 6) is -1.05. The highest BCUT2D eigenvalue weighted by atomic mass is 16.5. The third kappa shape index (κ3) is 2.83. The molecule has 2 unspecified atom stereocenters. The zero-order chi connectivity index (χ0) is 11.5. The number of carbonyl (C=O) groups is 1. The third-order valence-electron chi connectivity index (χ3n) is 1.75. The Hall–Kier alpha value is -1.39. The molecule has 1 rings (SSSR count). The molecule has 2 N–H and O–H groups in total. The van der Waals surface area contributed by atoms with E-state index in [0.717, 1.165) is 6.08 Å². The van der Waals surface area contributed by atoms with Gasteiger partial charge in [0.15, 0.2) is 0 Å². The molecule has 0 amide bonds. The Morgan fingerprint density at radius 1 is 1.79 bits per heavy atom. The molecule has 2 atom stereocenters. The van der Waals surface area contributed by atoms with Crippen LogP contribution in [0.15, 0.2) is 36.0 Å². The lowest BCUT2D eigenvalue weighted by Gasteiger charge is -2.19. The Labute approximate surface area is 83.2 Å². The Bertz CT molecular complexity index is 341. The second-order valence-electron chi connectivity index (χ2n) is 2.75. The third-order valence-corrected chi connectivity index (χ3v) is 1.75. The van der Waals surface area contributed by atoms with Crippen molar-refractivity contribution < 1.29 is 21.1 Å². The summed E-state index contributed by atoms with van der Waals surface area (Å²) >= 11 is 0. The quantitative estimate of drug-likeness (QED) is 0.646. The Morgan fingerprint density at radius 3 is 3.07 bits per heavy atom. The Morgan fingerprint density at radius 2 is 2.50 bits per heavy atom. The number of aliphatic hydroxyl groups is 1. The van der Waals surface area contributed by atoms with E-state index in [2.05, 4.69) is 0 Å². The van der Waals surface area contributed by atoms with Gasteiger partial charge in [0.25, 0.3) is 0 Å². The van der Waals surface area contributed by atoms with Crippen molar-refractivity contribution in [1.82, 2.24) is 0 Å². The second-order valence-corrected chi connectivity index (χ2v) is 2.75. The highest BCUT2D eigenvalue weighted by Crippen LogP contribution is 2.14. The summed E-state index contributed by atoms with van der Waals surface area (Å²) in [5, 5.41) is 17.9. The number of methoxy groups -OCH3 is 1. The van der Waals surface area contributed by atoms with E-state index in [9.17, 15) is 9.90 Å². The van der Waals surface area contributed by atoms with Gasteiger partial charge in [-0.1, -0.05) is 12.2 Å². The molecule has 0 spiro atoms. The van der Waals surface area contributed by atoms with Crippen molar-refractivity contribution in [2.24, 2.45) is 0 Å². The van der Waals surface area contributed by atoms with Crippen LogP contribution in [-0.2, 0) is 9.53 Å². The molecule has 0 radical (unpaired) electrons. The van der Waals surface area contributed by atoms with Gasteiger partial charge in [-0.25, -0.2) is 4.79 Å². The number of hydrogen-bond acceptors (Lipinski definition) is 3. The van der Waals surface area contributed by atoms with Gasteiger partial charge < -0.3 is 14.9 Å². The molecule has 0 aliphatic heterocycles. The predicted molar refractivity (Wildman–Crippen MR) is 50.8 cm³/mol. The summed E-state index contributed by atoms with van der Waals surface area (Å²) in [6.07, 6.45) is 3.99. The lowest BCUT2D eigenvalue weighted by Crippen LogP contribution is -2.26. The normalized spacial score (nSPS) is 32.9. The number of rotatable bonds is 3. The summed E-state index contributed by atoms with van der Waals surface area (Å²) in [7, 11) is 1.37. The molecule has 0 aromatic heterocycles. The Kier molecular flexibility index (Phi) is 3.10. The smallest absolute Gasteiger partial charge is 0.328 e. The average molecular weight is 197 g/mol. The molecule has 0 fully saturated rings. The van der Waals surface area contributed by atoms with E-state index in [1.54, 1.807) is 0 Å². The fourth-order valence-corrected chi connectivity index (χ4v) is 1.06. The SMILES string of the molecule is [2H]C1(O)C=CC(/C=C/C(=O)O)=CC1OC. The van der Waals surface area contributed by atoms with E-state index in [4.69, 9.17) is 11.2 Å². The maximum absolute atomic E-state index is 10.3. The molecule has 76 valence electrons. The fraction of sp³-hybridized carbons (Fsp3) is 0.300. The number of hydrogen-bond donors (Lipinski definition) is 2. The van der Waals surface area contributed by atoms with Crippen LogP contribution in [0.5, 0.6) is 0 Å². The molecular formula is C10H12O4. The summed E-state index contributed by atoms with van der Waals surface area (Å²) < 4.78 is 12.3. The van der Waals surface area contributed by atoms with Crippen molar-refractivity contribution in [3.8, 4) is 0 Å². The fourth-order valence-electron chi connectivity index (χ4n) is 1.06. The van der Waals surface area contributed by atoms with E-state index >= 15 is 0 Å². The number of aliphatic carboxylic acids is 1. The summed E-state index contributed by atoms with van der Waals surface area (Å²) in [6, 6.07) is 0. The van der Waals surface area contributed by atoms with Gasteiger partial charge in [0.2, 0.25) is 0 Å². The molecule has 0 aromatic rings. The first-order valence-corrected chi connectivity index (χ1v) is 4.03. The van der Waals surface area contributed by atoms with E-state index < -0.39 is 18.2 Å². The van der Waals surface area contributed by atoms with E-state index in [0.29, 0.717) is 5.57 Å². The minimum atomic E-state index is -1.80. The Balaban J connectivity index is 2.83. The van der Waals surface area contributed by atoms with Crippen LogP contribution < -0.4 is 0 Å². The molecule has 0 heterocycles. The van der Waals surface area contributed by atoms with Gasteiger partial charge in [-0.3, -0.25) is 0 Å². The van der Waals surface area contributed by atoms with Crippen molar-refractivity contribution in [3.63, 3.8) is 0 Å². The predicted octanol–water partition coefficient (Wildman–Crippen LogP) is 0.499. The van der Waals surface area contributed by atoms with Crippen LogP contribution in [0.4, 0.5) is 0 Å². The average Bonchev–Trinajstić information content (AvgIpc) is 2.15. The lowest BCUT2D eigenvalue weighted by atomic mass is 10.0. The van der Waals surface area contributed by atoms with Crippen LogP contribution in [-0.4, -0.2) is 35.5 Å². The maximum Gasteiger partial charge on any atom is 0.328 e. The summed E-state index contributed by atoms with van der Waals surface area (Å²) in [5.41, 5.74) is 0.584. The number of carboxylic acids is 1. The number of ether oxygens (including phenoxy) is 1. The molecule has 1 aliphatic carbocycles. The lowest BCUT2D eigenvalue weighted by molar-refractivity contribution is -0.131. The second kappa shape index (κ2) is 4.74. The van der Waals surface area contributed by atoms with E-state index in [1.807, 2.05) is 0 Å². The number of carboxylic acid groups (broad SMARTS) is 1. The first kappa shape index (κ1) is 9.18. The molecule has 4 heteroatoms. The zero-order valence-electron chi connectivity index (χ0n) is 8.68. The van der Waals surface area contributed by atoms with Gasteiger partial charge in [0, 0.05) is 13.2 Å². The highest BCUT2D eigenvalue weighted by Gasteiger charge is 2.16. The van der Waals surface area contributed by atoms with Crippen molar-refractivity contribution in [3.05, 3.63) is 36.0 Å². The van der Waals surface area contributed by atoms with Gasteiger partial charge in [0.1, 0.15) is 12.2 Å². The monoisotopic (exact) mass is 197 g/mol. The highest BCUT2D eigenvalue weighted by molar-refractivity contribution is 5.80. The summed E-state index contributed by atoms with van der Waals surface area (Å²) in [6.45, 7) is 0. The van der Waals surface area contributed by atoms with Crippen LogP contribution >= 0.6 is 0 Å². The first-order valence-electron chi connectivity index (χ1n) is 4.53. The molecule has 1 aliphatic rings. The van der Waals surface area contributed by atoms with Crippen LogP contribution in [0.25, 0.3) is 0 Å². The molecule has 0 bridgehead atoms.